The molecule has 0 aliphatic heterocycles. The number of anilines is 1. The van der Waals surface area contributed by atoms with Crippen LogP contribution in [0.3, 0.4) is 0 Å². The minimum atomic E-state index is -3.68. The molecule has 0 atom stereocenters. The summed E-state index contributed by atoms with van der Waals surface area (Å²) in [5.74, 6) is 0. The van der Waals surface area contributed by atoms with Crippen LogP contribution in [-0.2, 0) is 22.5 Å². The molecule has 1 aromatic carbocycles. The number of nitrogens with one attached hydrogen (secondary N) is 1. The maximum atomic E-state index is 12.8. The van der Waals surface area contributed by atoms with Gasteiger partial charge in [0.2, 0.25) is 0 Å². The van der Waals surface area contributed by atoms with Crippen molar-refractivity contribution in [2.24, 2.45) is 7.05 Å². The Morgan fingerprint density at radius 2 is 1.82 bits per heavy atom. The first-order valence-corrected chi connectivity index (χ1v) is 8.64. The van der Waals surface area contributed by atoms with Gasteiger partial charge in [0.25, 0.3) is 10.0 Å². The molecule has 6 heteroatoms. The van der Waals surface area contributed by atoms with Crippen LogP contribution >= 0.6 is 0 Å². The average Bonchev–Trinajstić information content (AvgIpc) is 2.78. The summed E-state index contributed by atoms with van der Waals surface area (Å²) >= 11 is 0. The Kier molecular flexibility index (Phi) is 4.08. The van der Waals surface area contributed by atoms with Crippen molar-refractivity contribution < 1.29 is 8.42 Å². The summed E-state index contributed by atoms with van der Waals surface area (Å²) in [5.41, 5.74) is 2.78. The molecule has 120 valence electrons. The smallest absolute Gasteiger partial charge is 0.265 e. The maximum Gasteiger partial charge on any atom is 0.265 e. The van der Waals surface area contributed by atoms with Crippen LogP contribution in [0.25, 0.3) is 0 Å². The highest BCUT2D eigenvalue weighted by Crippen LogP contribution is 2.29. The first kappa shape index (κ1) is 16.5. The fourth-order valence-electron chi connectivity index (χ4n) is 2.24. The third-order valence-electron chi connectivity index (χ3n) is 3.64. The van der Waals surface area contributed by atoms with Crippen molar-refractivity contribution in [2.45, 2.75) is 44.9 Å². The number of nitrogens with zero attached hydrogens (tertiary/aromatic N) is 2. The SMILES string of the molecule is Cc1cccc(NS(=O)(=O)c2cn(C)nc2C(C)(C)C)c1C. The molecule has 1 N–H and O–H groups in total. The Labute approximate surface area is 132 Å². The summed E-state index contributed by atoms with van der Waals surface area (Å²) in [6.07, 6.45) is 1.55. The lowest BCUT2D eigenvalue weighted by molar-refractivity contribution is 0.539. The summed E-state index contributed by atoms with van der Waals surface area (Å²) < 4.78 is 29.8. The van der Waals surface area contributed by atoms with Crippen molar-refractivity contribution in [3.63, 3.8) is 0 Å². The number of sulfonamides is 1. The summed E-state index contributed by atoms with van der Waals surface area (Å²) in [7, 11) is -1.95. The maximum absolute atomic E-state index is 12.8. The number of hydrogen-bond acceptors (Lipinski definition) is 3. The van der Waals surface area contributed by atoms with Gasteiger partial charge in [-0.25, -0.2) is 8.42 Å². The molecule has 1 heterocycles. The van der Waals surface area contributed by atoms with Gasteiger partial charge in [0.15, 0.2) is 0 Å². The van der Waals surface area contributed by atoms with Crippen LogP contribution in [0.2, 0.25) is 0 Å². The van der Waals surface area contributed by atoms with E-state index >= 15 is 0 Å². The van der Waals surface area contributed by atoms with Crippen molar-refractivity contribution in [1.29, 1.82) is 0 Å². The van der Waals surface area contributed by atoms with Crippen LogP contribution < -0.4 is 4.72 Å². The number of rotatable bonds is 3. The summed E-state index contributed by atoms with van der Waals surface area (Å²) in [6.45, 7) is 9.71. The van der Waals surface area contributed by atoms with Crippen LogP contribution in [0.5, 0.6) is 0 Å². The van der Waals surface area contributed by atoms with Gasteiger partial charge in [-0.05, 0) is 31.0 Å². The highest BCUT2D eigenvalue weighted by molar-refractivity contribution is 7.92. The van der Waals surface area contributed by atoms with Crippen molar-refractivity contribution in [2.75, 3.05) is 4.72 Å². The van der Waals surface area contributed by atoms with E-state index in [0.29, 0.717) is 11.4 Å². The number of aryl methyl sites for hydroxylation is 2. The lowest BCUT2D eigenvalue weighted by Gasteiger charge is -2.18. The molecule has 0 saturated heterocycles. The quantitative estimate of drug-likeness (QED) is 0.944. The van der Waals surface area contributed by atoms with E-state index in [1.165, 1.54) is 4.68 Å². The van der Waals surface area contributed by atoms with Gasteiger partial charge >= 0.3 is 0 Å². The Morgan fingerprint density at radius 3 is 2.41 bits per heavy atom. The van der Waals surface area contributed by atoms with E-state index in [4.69, 9.17) is 0 Å². The van der Waals surface area contributed by atoms with E-state index in [1.54, 1.807) is 19.3 Å². The van der Waals surface area contributed by atoms with Crippen LogP contribution in [0.1, 0.15) is 37.6 Å². The zero-order chi connectivity index (χ0) is 16.7. The van der Waals surface area contributed by atoms with E-state index in [0.717, 1.165) is 11.1 Å². The van der Waals surface area contributed by atoms with Crippen molar-refractivity contribution in [3.05, 3.63) is 41.2 Å². The van der Waals surface area contributed by atoms with Crippen molar-refractivity contribution >= 4 is 15.7 Å². The molecule has 0 fully saturated rings. The van der Waals surface area contributed by atoms with E-state index in [1.807, 2.05) is 46.8 Å². The van der Waals surface area contributed by atoms with E-state index in [9.17, 15) is 8.42 Å². The molecule has 2 aromatic rings. The predicted octanol–water partition coefficient (Wildman–Crippen LogP) is 3.14. The van der Waals surface area contributed by atoms with Crippen molar-refractivity contribution in [1.82, 2.24) is 9.78 Å². The monoisotopic (exact) mass is 321 g/mol. The third-order valence-corrected chi connectivity index (χ3v) is 5.01. The van der Waals surface area contributed by atoms with Gasteiger partial charge in [0.1, 0.15) is 4.90 Å². The molecule has 0 spiro atoms. The number of benzene rings is 1. The lowest BCUT2D eigenvalue weighted by atomic mass is 9.92. The fraction of sp³-hybridized carbons (Fsp3) is 0.438. The minimum absolute atomic E-state index is 0.225. The summed E-state index contributed by atoms with van der Waals surface area (Å²) in [6, 6.07) is 5.57. The van der Waals surface area contributed by atoms with Gasteiger partial charge < -0.3 is 0 Å². The van der Waals surface area contributed by atoms with Crippen LogP contribution in [0.15, 0.2) is 29.3 Å². The Hall–Kier alpha value is -1.82. The summed E-state index contributed by atoms with van der Waals surface area (Å²) in [4.78, 5) is 0.225. The molecule has 22 heavy (non-hydrogen) atoms. The molecule has 0 radical (unpaired) electrons. The first-order chi connectivity index (χ1) is 10.0. The van der Waals surface area contributed by atoms with Gasteiger partial charge in [0, 0.05) is 18.7 Å². The van der Waals surface area contributed by atoms with E-state index in [2.05, 4.69) is 9.82 Å². The molecule has 5 nitrogen and oxygen atoms in total. The second-order valence-corrected chi connectivity index (χ2v) is 8.27. The average molecular weight is 321 g/mol. The molecule has 0 aliphatic carbocycles. The normalized spacial score (nSPS) is 12.5. The topological polar surface area (TPSA) is 64.0 Å². The zero-order valence-electron chi connectivity index (χ0n) is 13.9. The van der Waals surface area contributed by atoms with Gasteiger partial charge in [-0.15, -0.1) is 0 Å². The zero-order valence-corrected chi connectivity index (χ0v) is 14.7. The highest BCUT2D eigenvalue weighted by atomic mass is 32.2. The molecule has 0 unspecified atom stereocenters. The van der Waals surface area contributed by atoms with Crippen LogP contribution in [-0.4, -0.2) is 18.2 Å². The Morgan fingerprint density at radius 1 is 1.18 bits per heavy atom. The molecular weight excluding hydrogens is 298 g/mol. The van der Waals surface area contributed by atoms with Gasteiger partial charge in [-0.2, -0.15) is 5.10 Å². The Balaban J connectivity index is 2.50. The first-order valence-electron chi connectivity index (χ1n) is 7.15. The molecule has 0 amide bonds. The molecule has 0 bridgehead atoms. The standard InChI is InChI=1S/C16H23N3O2S/c1-11-8-7-9-13(12(11)2)18-22(20,21)14-10-19(6)17-15(14)16(3,4)5/h7-10,18H,1-6H3. The minimum Gasteiger partial charge on any atom is -0.279 e. The highest BCUT2D eigenvalue weighted by Gasteiger charge is 2.29. The molecule has 1 aromatic heterocycles. The molecule has 0 aliphatic rings. The second-order valence-electron chi connectivity index (χ2n) is 6.62. The van der Waals surface area contributed by atoms with E-state index < -0.39 is 10.0 Å². The van der Waals surface area contributed by atoms with Gasteiger partial charge in [0.05, 0.1) is 11.4 Å². The van der Waals surface area contributed by atoms with Gasteiger partial charge in [-0.3, -0.25) is 9.40 Å². The van der Waals surface area contributed by atoms with Crippen molar-refractivity contribution in [3.8, 4) is 0 Å². The number of aromatic nitrogens is 2. The van der Waals surface area contributed by atoms with Crippen LogP contribution in [0, 0.1) is 13.8 Å². The summed E-state index contributed by atoms with van der Waals surface area (Å²) in [5, 5.41) is 4.33. The van der Waals surface area contributed by atoms with Gasteiger partial charge in [-0.1, -0.05) is 32.9 Å². The third kappa shape index (κ3) is 3.16. The van der Waals surface area contributed by atoms with Crippen LogP contribution in [0.4, 0.5) is 5.69 Å². The lowest BCUT2D eigenvalue weighted by Crippen LogP contribution is -2.20. The molecule has 0 saturated carbocycles. The number of hydrogen-bond donors (Lipinski definition) is 1. The molecular formula is C16H23N3O2S. The predicted molar refractivity (Wildman–Crippen MR) is 88.6 cm³/mol. The second kappa shape index (κ2) is 5.43. The van der Waals surface area contributed by atoms with E-state index in [-0.39, 0.29) is 10.3 Å². The fourth-order valence-corrected chi connectivity index (χ4v) is 3.76. The Bertz CT molecular complexity index is 799. The largest absolute Gasteiger partial charge is 0.279 e. The molecule has 2 rings (SSSR count).